The minimum atomic E-state index is -0.181. The van der Waals surface area contributed by atoms with E-state index in [0.29, 0.717) is 0 Å². The molecule has 0 aliphatic rings. The van der Waals surface area contributed by atoms with Gasteiger partial charge in [0.25, 0.3) is 0 Å². The first-order valence-electron chi connectivity index (χ1n) is 5.65. The second-order valence-electron chi connectivity index (χ2n) is 4.14. The van der Waals surface area contributed by atoms with E-state index in [1.807, 2.05) is 12.1 Å². The van der Waals surface area contributed by atoms with Crippen LogP contribution < -0.4 is 0 Å². The van der Waals surface area contributed by atoms with E-state index in [9.17, 15) is 4.39 Å². The summed E-state index contributed by atoms with van der Waals surface area (Å²) >= 11 is 3.35. The van der Waals surface area contributed by atoms with Gasteiger partial charge in [-0.2, -0.15) is 0 Å². The molecule has 0 unspecified atom stereocenters. The molecule has 0 aliphatic heterocycles. The molecule has 1 aromatic carbocycles. The largest absolute Gasteiger partial charge is 0.207 e. The summed E-state index contributed by atoms with van der Waals surface area (Å²) in [5.74, 6) is -0.181. The molecule has 0 atom stereocenters. The van der Waals surface area contributed by atoms with Crippen LogP contribution in [0.15, 0.2) is 35.3 Å². The molecule has 2 heteroatoms. The van der Waals surface area contributed by atoms with Gasteiger partial charge >= 0.3 is 0 Å². The van der Waals surface area contributed by atoms with Crippen LogP contribution in [0.2, 0.25) is 0 Å². The zero-order valence-electron chi connectivity index (χ0n) is 9.89. The van der Waals surface area contributed by atoms with Crippen LogP contribution in [0.4, 0.5) is 4.39 Å². The van der Waals surface area contributed by atoms with Crippen molar-refractivity contribution in [2.75, 3.05) is 0 Å². The highest BCUT2D eigenvalue weighted by atomic mass is 79.9. The number of hydrogen-bond donors (Lipinski definition) is 0. The Morgan fingerprint density at radius 3 is 2.38 bits per heavy atom. The van der Waals surface area contributed by atoms with Gasteiger partial charge in [0.1, 0.15) is 5.82 Å². The number of halogens is 2. The Balaban J connectivity index is 3.24. The average molecular weight is 285 g/mol. The lowest BCUT2D eigenvalue weighted by molar-refractivity contribution is 0.398. The predicted molar refractivity (Wildman–Crippen MR) is 71.2 cm³/mol. The molecule has 0 heterocycles. The molecule has 0 saturated heterocycles. The van der Waals surface area contributed by atoms with Gasteiger partial charge in [-0.1, -0.05) is 35.9 Å². The van der Waals surface area contributed by atoms with Gasteiger partial charge in [-0.25, -0.2) is 4.39 Å². The summed E-state index contributed by atoms with van der Waals surface area (Å²) in [6, 6.07) is 5.15. The van der Waals surface area contributed by atoms with Gasteiger partial charge in [-0.05, 0) is 48.4 Å². The van der Waals surface area contributed by atoms with Crippen LogP contribution in [0.3, 0.4) is 0 Å². The van der Waals surface area contributed by atoms with E-state index < -0.39 is 0 Å². The Morgan fingerprint density at radius 2 is 1.94 bits per heavy atom. The lowest BCUT2D eigenvalue weighted by atomic mass is 9.73. The molecule has 0 saturated carbocycles. The molecule has 0 nitrogen and oxygen atoms in total. The Kier molecular flexibility index (Phi) is 4.72. The molecule has 0 fully saturated rings. The van der Waals surface area contributed by atoms with Crippen molar-refractivity contribution >= 4 is 15.9 Å². The number of benzene rings is 1. The highest BCUT2D eigenvalue weighted by molar-refractivity contribution is 9.10. The molecule has 0 amide bonds. The molecule has 88 valence electrons. The SMILES string of the molecule is C=CCC(CC)(CC)c1cc(F)cc(Br)c1. The zero-order valence-corrected chi connectivity index (χ0v) is 11.5. The molecule has 0 aliphatic carbocycles. The third-order valence-corrected chi connectivity index (χ3v) is 3.82. The first-order valence-corrected chi connectivity index (χ1v) is 6.44. The van der Waals surface area contributed by atoms with Crippen LogP contribution in [-0.4, -0.2) is 0 Å². The number of rotatable bonds is 5. The summed E-state index contributed by atoms with van der Waals surface area (Å²) in [6.45, 7) is 8.10. The second-order valence-corrected chi connectivity index (χ2v) is 5.05. The van der Waals surface area contributed by atoms with Crippen molar-refractivity contribution in [3.05, 3.63) is 46.7 Å². The van der Waals surface area contributed by atoms with E-state index in [2.05, 4.69) is 36.4 Å². The number of allylic oxidation sites excluding steroid dienone is 1. The summed E-state index contributed by atoms with van der Waals surface area (Å²) in [5.41, 5.74) is 1.08. The van der Waals surface area contributed by atoms with Crippen molar-refractivity contribution in [3.8, 4) is 0 Å². The molecule has 1 aromatic rings. The van der Waals surface area contributed by atoms with E-state index in [-0.39, 0.29) is 11.2 Å². The van der Waals surface area contributed by atoms with Crippen molar-refractivity contribution in [3.63, 3.8) is 0 Å². The van der Waals surface area contributed by atoms with Gasteiger partial charge in [0, 0.05) is 4.47 Å². The van der Waals surface area contributed by atoms with E-state index in [4.69, 9.17) is 0 Å². The summed E-state index contributed by atoms with van der Waals surface area (Å²) < 4.78 is 14.2. The zero-order chi connectivity index (χ0) is 12.2. The van der Waals surface area contributed by atoms with Crippen molar-refractivity contribution in [2.24, 2.45) is 0 Å². The maximum atomic E-state index is 13.4. The minimum absolute atomic E-state index is 0.0202. The van der Waals surface area contributed by atoms with Gasteiger partial charge in [0.2, 0.25) is 0 Å². The van der Waals surface area contributed by atoms with Crippen LogP contribution in [0.5, 0.6) is 0 Å². The van der Waals surface area contributed by atoms with Crippen molar-refractivity contribution in [2.45, 2.75) is 38.5 Å². The van der Waals surface area contributed by atoms with Crippen molar-refractivity contribution in [1.82, 2.24) is 0 Å². The summed E-state index contributed by atoms with van der Waals surface area (Å²) in [4.78, 5) is 0. The summed E-state index contributed by atoms with van der Waals surface area (Å²) in [6.07, 6.45) is 4.79. The van der Waals surface area contributed by atoms with Crippen LogP contribution in [0, 0.1) is 5.82 Å². The summed E-state index contributed by atoms with van der Waals surface area (Å²) in [7, 11) is 0. The Hall–Kier alpha value is -0.630. The molecule has 1 rings (SSSR count). The quantitative estimate of drug-likeness (QED) is 0.650. The fourth-order valence-electron chi connectivity index (χ4n) is 2.20. The van der Waals surface area contributed by atoms with Crippen LogP contribution in [-0.2, 0) is 5.41 Å². The van der Waals surface area contributed by atoms with E-state index in [1.54, 1.807) is 6.07 Å². The first kappa shape index (κ1) is 13.4. The fourth-order valence-corrected chi connectivity index (χ4v) is 2.67. The fraction of sp³-hybridized carbons (Fsp3) is 0.429. The Morgan fingerprint density at radius 1 is 1.31 bits per heavy atom. The topological polar surface area (TPSA) is 0 Å². The van der Waals surface area contributed by atoms with E-state index >= 15 is 0 Å². The van der Waals surface area contributed by atoms with Gasteiger partial charge in [-0.3, -0.25) is 0 Å². The monoisotopic (exact) mass is 284 g/mol. The molecular weight excluding hydrogens is 267 g/mol. The molecule has 16 heavy (non-hydrogen) atoms. The third-order valence-electron chi connectivity index (χ3n) is 3.36. The van der Waals surface area contributed by atoms with Crippen LogP contribution in [0.1, 0.15) is 38.7 Å². The molecule has 0 radical (unpaired) electrons. The molecule has 0 N–H and O–H groups in total. The van der Waals surface area contributed by atoms with E-state index in [0.717, 1.165) is 29.3 Å². The lowest BCUT2D eigenvalue weighted by Crippen LogP contribution is -2.23. The average Bonchev–Trinajstić information content (AvgIpc) is 2.24. The Bertz CT molecular complexity index is 347. The van der Waals surface area contributed by atoms with Crippen LogP contribution >= 0.6 is 15.9 Å². The standard InChI is InChI=1S/C14H18BrF/c1-4-7-14(5-2,6-3)11-8-12(15)10-13(16)9-11/h4,8-10H,1,5-7H2,2-3H3. The highest BCUT2D eigenvalue weighted by Gasteiger charge is 2.27. The normalized spacial score (nSPS) is 11.5. The van der Waals surface area contributed by atoms with Crippen molar-refractivity contribution in [1.29, 1.82) is 0 Å². The third kappa shape index (κ3) is 2.73. The highest BCUT2D eigenvalue weighted by Crippen LogP contribution is 2.37. The molecular formula is C14H18BrF. The maximum absolute atomic E-state index is 13.4. The van der Waals surface area contributed by atoms with Crippen LogP contribution in [0.25, 0.3) is 0 Å². The molecule has 0 bridgehead atoms. The number of hydrogen-bond acceptors (Lipinski definition) is 0. The molecule has 0 spiro atoms. The first-order chi connectivity index (χ1) is 7.57. The van der Waals surface area contributed by atoms with Gasteiger partial charge in [-0.15, -0.1) is 6.58 Å². The second kappa shape index (κ2) is 5.62. The summed E-state index contributed by atoms with van der Waals surface area (Å²) in [5, 5.41) is 0. The minimum Gasteiger partial charge on any atom is -0.207 e. The van der Waals surface area contributed by atoms with Gasteiger partial charge in [0.15, 0.2) is 0 Å². The van der Waals surface area contributed by atoms with Gasteiger partial charge < -0.3 is 0 Å². The van der Waals surface area contributed by atoms with Gasteiger partial charge in [0.05, 0.1) is 0 Å². The lowest BCUT2D eigenvalue weighted by Gasteiger charge is -2.31. The Labute approximate surface area is 106 Å². The maximum Gasteiger partial charge on any atom is 0.124 e. The van der Waals surface area contributed by atoms with Crippen molar-refractivity contribution < 1.29 is 4.39 Å². The molecule has 0 aromatic heterocycles. The smallest absolute Gasteiger partial charge is 0.124 e. The predicted octanol–water partition coefficient (Wildman–Crippen LogP) is 5.22. The van der Waals surface area contributed by atoms with E-state index in [1.165, 1.54) is 6.07 Å².